The standard InChI is InChI=1S/C24H27N3O6/c1-5-33-23(29)20-21(16-11-10-15(31-3)14-19(16)32-4)27-18-9-7-6-8-17(18)25-24(27)26(22(20)28)12-13-30-2/h6-11,14,20-21H,5,12-13H2,1-4H3. The second-order valence-electron chi connectivity index (χ2n) is 7.54. The quantitative estimate of drug-likeness (QED) is 0.383. The lowest BCUT2D eigenvalue weighted by Gasteiger charge is -2.38. The van der Waals surface area contributed by atoms with Gasteiger partial charge in [0.2, 0.25) is 11.9 Å². The Hall–Kier alpha value is -3.59. The number of hydrogen-bond acceptors (Lipinski definition) is 7. The van der Waals surface area contributed by atoms with Crippen molar-refractivity contribution in [1.82, 2.24) is 9.55 Å². The molecular weight excluding hydrogens is 426 g/mol. The van der Waals surface area contributed by atoms with Crippen LogP contribution in [-0.4, -0.2) is 62.5 Å². The van der Waals surface area contributed by atoms with Gasteiger partial charge in [-0.2, -0.15) is 0 Å². The molecule has 0 saturated carbocycles. The van der Waals surface area contributed by atoms with Crippen molar-refractivity contribution < 1.29 is 28.5 Å². The molecule has 1 amide bonds. The first-order valence-corrected chi connectivity index (χ1v) is 10.7. The Kier molecular flexibility index (Phi) is 6.50. The van der Waals surface area contributed by atoms with Crippen LogP contribution in [0, 0.1) is 5.92 Å². The van der Waals surface area contributed by atoms with Crippen molar-refractivity contribution >= 4 is 28.9 Å². The maximum atomic E-state index is 13.7. The highest BCUT2D eigenvalue weighted by atomic mass is 16.5. The van der Waals surface area contributed by atoms with E-state index in [-0.39, 0.29) is 13.2 Å². The fourth-order valence-corrected chi connectivity index (χ4v) is 4.28. The summed E-state index contributed by atoms with van der Waals surface area (Å²) in [5, 5.41) is 0. The fourth-order valence-electron chi connectivity index (χ4n) is 4.28. The Bertz CT molecular complexity index is 1170. The number of anilines is 1. The zero-order chi connectivity index (χ0) is 23.5. The van der Waals surface area contributed by atoms with E-state index in [0.717, 1.165) is 5.52 Å². The zero-order valence-electron chi connectivity index (χ0n) is 19.1. The van der Waals surface area contributed by atoms with Gasteiger partial charge in [-0.1, -0.05) is 12.1 Å². The molecule has 0 bridgehead atoms. The molecule has 2 unspecified atom stereocenters. The first-order valence-electron chi connectivity index (χ1n) is 10.7. The van der Waals surface area contributed by atoms with Gasteiger partial charge < -0.3 is 23.5 Å². The molecule has 0 N–H and O–H groups in total. The van der Waals surface area contributed by atoms with Crippen molar-refractivity contribution in [2.75, 3.05) is 46.0 Å². The Morgan fingerprint density at radius 1 is 1.09 bits per heavy atom. The summed E-state index contributed by atoms with van der Waals surface area (Å²) >= 11 is 0. The molecule has 4 rings (SSSR count). The smallest absolute Gasteiger partial charge is 0.321 e. The molecule has 1 aromatic heterocycles. The zero-order valence-corrected chi connectivity index (χ0v) is 19.1. The van der Waals surface area contributed by atoms with Crippen LogP contribution in [0.25, 0.3) is 11.0 Å². The summed E-state index contributed by atoms with van der Waals surface area (Å²) < 4.78 is 23.5. The van der Waals surface area contributed by atoms with Crippen LogP contribution in [0.3, 0.4) is 0 Å². The highest BCUT2D eigenvalue weighted by molar-refractivity contribution is 6.08. The van der Waals surface area contributed by atoms with Crippen LogP contribution in [0.5, 0.6) is 11.5 Å². The van der Waals surface area contributed by atoms with Crippen LogP contribution in [0.15, 0.2) is 42.5 Å². The highest BCUT2D eigenvalue weighted by Gasteiger charge is 2.48. The molecule has 0 saturated heterocycles. The average molecular weight is 453 g/mol. The number of para-hydroxylation sites is 2. The number of fused-ring (bicyclic) bond motifs is 3. The third-order valence-corrected chi connectivity index (χ3v) is 5.76. The Balaban J connectivity index is 2.01. The van der Waals surface area contributed by atoms with Crippen molar-refractivity contribution in [1.29, 1.82) is 0 Å². The summed E-state index contributed by atoms with van der Waals surface area (Å²) in [7, 11) is 4.67. The molecule has 0 aliphatic carbocycles. The van der Waals surface area contributed by atoms with Crippen LogP contribution in [0.1, 0.15) is 18.5 Å². The predicted molar refractivity (Wildman–Crippen MR) is 122 cm³/mol. The van der Waals surface area contributed by atoms with Crippen molar-refractivity contribution in [2.45, 2.75) is 13.0 Å². The number of nitrogens with zero attached hydrogens (tertiary/aromatic N) is 3. The van der Waals surface area contributed by atoms with Gasteiger partial charge in [-0.3, -0.25) is 14.5 Å². The van der Waals surface area contributed by atoms with Gasteiger partial charge in [0.1, 0.15) is 11.5 Å². The molecule has 1 aliphatic heterocycles. The normalized spacial score (nSPS) is 17.7. The summed E-state index contributed by atoms with van der Waals surface area (Å²) in [6.07, 6.45) is 0. The van der Waals surface area contributed by atoms with Gasteiger partial charge in [0, 0.05) is 18.7 Å². The van der Waals surface area contributed by atoms with Gasteiger partial charge in [-0.15, -0.1) is 0 Å². The van der Waals surface area contributed by atoms with Gasteiger partial charge in [-0.25, -0.2) is 4.98 Å². The number of amides is 1. The van der Waals surface area contributed by atoms with Gasteiger partial charge in [-0.05, 0) is 31.2 Å². The minimum atomic E-state index is -1.13. The summed E-state index contributed by atoms with van der Waals surface area (Å²) in [5.41, 5.74) is 2.16. The number of imidazole rings is 1. The summed E-state index contributed by atoms with van der Waals surface area (Å²) in [6.45, 7) is 2.42. The van der Waals surface area contributed by atoms with Crippen LogP contribution in [0.4, 0.5) is 5.95 Å². The summed E-state index contributed by atoms with van der Waals surface area (Å²) in [4.78, 5) is 33.2. The fraction of sp³-hybridized carbons (Fsp3) is 0.375. The number of aromatic nitrogens is 2. The first kappa shape index (κ1) is 22.6. The van der Waals surface area contributed by atoms with Crippen LogP contribution >= 0.6 is 0 Å². The van der Waals surface area contributed by atoms with Gasteiger partial charge in [0.15, 0.2) is 5.92 Å². The first-order chi connectivity index (χ1) is 16.0. The third-order valence-electron chi connectivity index (χ3n) is 5.76. The lowest BCUT2D eigenvalue weighted by Crippen LogP contribution is -2.51. The molecule has 0 radical (unpaired) electrons. The van der Waals surface area contributed by atoms with E-state index >= 15 is 0 Å². The molecule has 0 spiro atoms. The van der Waals surface area contributed by atoms with E-state index in [4.69, 9.17) is 23.9 Å². The molecule has 0 fully saturated rings. The lowest BCUT2D eigenvalue weighted by atomic mass is 9.88. The van der Waals surface area contributed by atoms with Gasteiger partial charge in [0.25, 0.3) is 0 Å². The van der Waals surface area contributed by atoms with Crippen LogP contribution < -0.4 is 14.4 Å². The van der Waals surface area contributed by atoms with Gasteiger partial charge in [0.05, 0.1) is 51.1 Å². The van der Waals surface area contributed by atoms with E-state index < -0.39 is 23.8 Å². The Labute approximate surface area is 191 Å². The van der Waals surface area contributed by atoms with E-state index in [9.17, 15) is 9.59 Å². The van der Waals surface area contributed by atoms with Gasteiger partial charge >= 0.3 is 5.97 Å². The van der Waals surface area contributed by atoms with Crippen molar-refractivity contribution in [3.8, 4) is 11.5 Å². The molecular formula is C24H27N3O6. The van der Waals surface area contributed by atoms with Crippen molar-refractivity contribution in [3.63, 3.8) is 0 Å². The topological polar surface area (TPSA) is 92.1 Å². The number of ether oxygens (including phenoxy) is 4. The van der Waals surface area contributed by atoms with Crippen LogP contribution in [0.2, 0.25) is 0 Å². The monoisotopic (exact) mass is 453 g/mol. The highest BCUT2D eigenvalue weighted by Crippen LogP contribution is 2.44. The molecule has 33 heavy (non-hydrogen) atoms. The van der Waals surface area contributed by atoms with E-state index in [1.165, 1.54) is 4.90 Å². The molecule has 1 aliphatic rings. The molecule has 2 aromatic carbocycles. The molecule has 2 heterocycles. The molecule has 9 heteroatoms. The number of benzene rings is 2. The average Bonchev–Trinajstić information content (AvgIpc) is 3.21. The Morgan fingerprint density at radius 2 is 1.88 bits per heavy atom. The van der Waals surface area contributed by atoms with E-state index in [1.807, 2.05) is 34.9 Å². The number of carbonyl (C=O) groups excluding carboxylic acids is 2. The van der Waals surface area contributed by atoms with Crippen LogP contribution in [-0.2, 0) is 19.1 Å². The summed E-state index contributed by atoms with van der Waals surface area (Å²) in [6, 6.07) is 12.2. The number of hydrogen-bond donors (Lipinski definition) is 0. The van der Waals surface area contributed by atoms with Crippen molar-refractivity contribution in [3.05, 3.63) is 48.0 Å². The minimum absolute atomic E-state index is 0.157. The molecule has 2 atom stereocenters. The van der Waals surface area contributed by atoms with E-state index in [0.29, 0.717) is 35.1 Å². The maximum absolute atomic E-state index is 13.7. The molecule has 3 aromatic rings. The largest absolute Gasteiger partial charge is 0.497 e. The minimum Gasteiger partial charge on any atom is -0.497 e. The second kappa shape index (κ2) is 9.50. The number of carbonyl (C=O) groups is 2. The summed E-state index contributed by atoms with van der Waals surface area (Å²) in [5.74, 6) is -0.582. The van der Waals surface area contributed by atoms with Crippen molar-refractivity contribution in [2.24, 2.45) is 5.92 Å². The number of rotatable bonds is 8. The maximum Gasteiger partial charge on any atom is 0.321 e. The predicted octanol–water partition coefficient (Wildman–Crippen LogP) is 2.82. The Morgan fingerprint density at radius 3 is 2.58 bits per heavy atom. The number of methoxy groups -OCH3 is 3. The lowest BCUT2D eigenvalue weighted by molar-refractivity contribution is -0.153. The molecule has 174 valence electrons. The number of esters is 1. The molecule has 9 nitrogen and oxygen atoms in total. The van der Waals surface area contributed by atoms with E-state index in [2.05, 4.69) is 0 Å². The SMILES string of the molecule is CCOC(=O)C1C(=O)N(CCOC)c2nc3ccccc3n2C1c1ccc(OC)cc1OC. The van der Waals surface area contributed by atoms with E-state index in [1.54, 1.807) is 40.4 Å². The second-order valence-corrected chi connectivity index (χ2v) is 7.54. The third kappa shape index (κ3) is 3.89.